The Morgan fingerprint density at radius 2 is 1.30 bits per heavy atom. The largest absolute Gasteiger partial charge is 0.646 e. The van der Waals surface area contributed by atoms with Crippen LogP contribution in [0.5, 0.6) is 11.5 Å². The molecule has 0 bridgehead atoms. The second-order valence-electron chi connectivity index (χ2n) is 4.05. The van der Waals surface area contributed by atoms with Gasteiger partial charge in [-0.05, 0) is 31.2 Å². The smallest absolute Gasteiger partial charge is 0.391 e. The first-order valence-corrected chi connectivity index (χ1v) is 7.48. The Bertz CT molecular complexity index is 565. The Kier molecular flexibility index (Phi) is 4.49. The van der Waals surface area contributed by atoms with E-state index in [0.29, 0.717) is 11.5 Å². The van der Waals surface area contributed by atoms with Crippen molar-refractivity contribution in [1.29, 1.82) is 0 Å². The van der Waals surface area contributed by atoms with Crippen LogP contribution < -0.4 is 9.05 Å². The van der Waals surface area contributed by atoms with E-state index in [9.17, 15) is 4.57 Å². The van der Waals surface area contributed by atoms with Gasteiger partial charge in [0.25, 0.3) is 0 Å². The molecular formula is C15H15O4P. The lowest BCUT2D eigenvalue weighted by Crippen LogP contribution is -2.03. The van der Waals surface area contributed by atoms with E-state index in [0.717, 1.165) is 0 Å². The lowest BCUT2D eigenvalue weighted by molar-refractivity contribution is 0.258. The molecule has 0 aromatic heterocycles. The summed E-state index contributed by atoms with van der Waals surface area (Å²) in [6, 6.07) is 17.4. The lowest BCUT2D eigenvalue weighted by atomic mass is 10.3. The molecule has 0 aliphatic carbocycles. The van der Waals surface area contributed by atoms with E-state index in [1.807, 2.05) is 12.1 Å². The summed E-state index contributed by atoms with van der Waals surface area (Å²) in [6.07, 6.45) is 0. The molecule has 0 aliphatic heterocycles. The van der Waals surface area contributed by atoms with Gasteiger partial charge in [-0.15, -0.1) is 0 Å². The van der Waals surface area contributed by atoms with Crippen molar-refractivity contribution in [2.24, 2.45) is 0 Å². The van der Waals surface area contributed by atoms with Crippen molar-refractivity contribution in [2.45, 2.75) is 6.92 Å². The van der Waals surface area contributed by atoms with E-state index in [4.69, 9.17) is 13.6 Å². The average Bonchev–Trinajstić information content (AvgIpc) is 2.39. The molecule has 4 nitrogen and oxygen atoms in total. The molecule has 20 heavy (non-hydrogen) atoms. The zero-order valence-electron chi connectivity index (χ0n) is 11.1. The zero-order valence-corrected chi connectivity index (χ0v) is 12.0. The topological polar surface area (TPSA) is 44.8 Å². The fraction of sp³-hybridized carbons (Fsp3) is 0.0667. The highest BCUT2D eigenvalue weighted by atomic mass is 31.2. The monoisotopic (exact) mass is 290 g/mol. The summed E-state index contributed by atoms with van der Waals surface area (Å²) >= 11 is 0. The highest BCUT2D eigenvalue weighted by molar-refractivity contribution is 7.49. The lowest BCUT2D eigenvalue weighted by Gasteiger charge is -2.19. The SMILES string of the molecule is C=C(C)OP(=O)(Oc1ccccc1)Oc1ccccc1. The summed E-state index contributed by atoms with van der Waals surface area (Å²) in [6.45, 7) is 5.15. The quantitative estimate of drug-likeness (QED) is 0.566. The molecule has 2 rings (SSSR count). The van der Waals surface area contributed by atoms with Gasteiger partial charge in [-0.1, -0.05) is 43.0 Å². The van der Waals surface area contributed by atoms with E-state index in [-0.39, 0.29) is 5.76 Å². The number of hydrogen-bond donors (Lipinski definition) is 0. The number of allylic oxidation sites excluding steroid dienone is 1. The molecule has 2 aromatic carbocycles. The highest BCUT2D eigenvalue weighted by Gasteiger charge is 2.32. The number of hydrogen-bond acceptors (Lipinski definition) is 4. The molecule has 0 saturated heterocycles. The van der Waals surface area contributed by atoms with E-state index < -0.39 is 7.82 Å². The number of benzene rings is 2. The first kappa shape index (κ1) is 14.2. The van der Waals surface area contributed by atoms with Gasteiger partial charge in [0, 0.05) is 0 Å². The summed E-state index contributed by atoms with van der Waals surface area (Å²) in [5, 5.41) is 0. The average molecular weight is 290 g/mol. The van der Waals surface area contributed by atoms with Crippen LogP contribution in [0.25, 0.3) is 0 Å². The standard InChI is InChI=1S/C15H15O4P/c1-13(2)17-20(16,18-14-9-5-3-6-10-14)19-15-11-7-4-8-12-15/h3-12H,1H2,2H3. The van der Waals surface area contributed by atoms with Gasteiger partial charge in [-0.2, -0.15) is 4.57 Å². The first-order valence-electron chi connectivity index (χ1n) is 6.02. The Morgan fingerprint density at radius 1 is 0.900 bits per heavy atom. The molecule has 0 radical (unpaired) electrons. The zero-order chi connectivity index (χ0) is 14.4. The predicted octanol–water partition coefficient (Wildman–Crippen LogP) is 4.80. The van der Waals surface area contributed by atoms with Crippen molar-refractivity contribution in [1.82, 2.24) is 0 Å². The summed E-state index contributed by atoms with van der Waals surface area (Å²) in [7, 11) is -3.82. The molecule has 0 aliphatic rings. The molecule has 2 aromatic rings. The third-order valence-corrected chi connectivity index (χ3v) is 3.59. The van der Waals surface area contributed by atoms with Crippen LogP contribution in [0, 0.1) is 0 Å². The van der Waals surface area contributed by atoms with Gasteiger partial charge in [0.2, 0.25) is 0 Å². The minimum absolute atomic E-state index is 0.250. The van der Waals surface area contributed by atoms with Crippen molar-refractivity contribution in [3.05, 3.63) is 73.0 Å². The molecule has 0 amide bonds. The van der Waals surface area contributed by atoms with Crippen LogP contribution >= 0.6 is 7.82 Å². The van der Waals surface area contributed by atoms with Gasteiger partial charge in [0.05, 0.1) is 0 Å². The molecule has 0 unspecified atom stereocenters. The van der Waals surface area contributed by atoms with Gasteiger partial charge in [-0.3, -0.25) is 0 Å². The minimum atomic E-state index is -3.82. The van der Waals surface area contributed by atoms with Crippen molar-refractivity contribution in [2.75, 3.05) is 0 Å². The number of para-hydroxylation sites is 2. The van der Waals surface area contributed by atoms with Gasteiger partial charge in [0.15, 0.2) is 0 Å². The molecule has 0 spiro atoms. The maximum atomic E-state index is 12.6. The second-order valence-corrected chi connectivity index (χ2v) is 5.49. The van der Waals surface area contributed by atoms with Crippen LogP contribution in [-0.2, 0) is 9.09 Å². The minimum Gasteiger partial charge on any atom is -0.391 e. The van der Waals surface area contributed by atoms with E-state index in [2.05, 4.69) is 6.58 Å². The van der Waals surface area contributed by atoms with Crippen molar-refractivity contribution >= 4 is 7.82 Å². The number of phosphoric acid groups is 1. The van der Waals surface area contributed by atoms with Crippen LogP contribution in [-0.4, -0.2) is 0 Å². The van der Waals surface area contributed by atoms with Crippen molar-refractivity contribution < 1.29 is 18.1 Å². The molecule has 0 N–H and O–H groups in total. The van der Waals surface area contributed by atoms with Crippen LogP contribution in [0.3, 0.4) is 0 Å². The van der Waals surface area contributed by atoms with Gasteiger partial charge in [0.1, 0.15) is 17.3 Å². The molecule has 0 saturated carbocycles. The van der Waals surface area contributed by atoms with E-state index in [1.54, 1.807) is 55.5 Å². The molecule has 104 valence electrons. The first-order chi connectivity index (χ1) is 9.57. The van der Waals surface area contributed by atoms with Gasteiger partial charge >= 0.3 is 7.82 Å². The molecule has 0 atom stereocenters. The normalized spacial score (nSPS) is 10.7. The van der Waals surface area contributed by atoms with Crippen molar-refractivity contribution in [3.63, 3.8) is 0 Å². The molecule has 0 fully saturated rings. The van der Waals surface area contributed by atoms with Gasteiger partial charge in [-0.25, -0.2) is 0 Å². The van der Waals surface area contributed by atoms with Crippen molar-refractivity contribution in [3.8, 4) is 11.5 Å². The third-order valence-electron chi connectivity index (χ3n) is 2.19. The van der Waals surface area contributed by atoms with Gasteiger partial charge < -0.3 is 13.6 Å². The van der Waals surface area contributed by atoms with E-state index >= 15 is 0 Å². The Labute approximate surface area is 118 Å². The molecule has 0 heterocycles. The summed E-state index contributed by atoms with van der Waals surface area (Å²) in [5.74, 6) is 1.04. The fourth-order valence-electron chi connectivity index (χ4n) is 1.47. The third kappa shape index (κ3) is 4.18. The predicted molar refractivity (Wildman–Crippen MR) is 77.6 cm³/mol. The van der Waals surface area contributed by atoms with E-state index in [1.165, 1.54) is 0 Å². The molecular weight excluding hydrogens is 275 g/mol. The number of rotatable bonds is 6. The molecule has 5 heteroatoms. The Morgan fingerprint density at radius 3 is 1.65 bits per heavy atom. The highest BCUT2D eigenvalue weighted by Crippen LogP contribution is 2.50. The summed E-state index contributed by atoms with van der Waals surface area (Å²) < 4.78 is 28.5. The summed E-state index contributed by atoms with van der Waals surface area (Å²) in [4.78, 5) is 0. The maximum absolute atomic E-state index is 12.6. The van der Waals surface area contributed by atoms with Crippen LogP contribution in [0.1, 0.15) is 6.92 Å². The maximum Gasteiger partial charge on any atom is 0.646 e. The Balaban J connectivity index is 2.21. The van der Waals surface area contributed by atoms with Crippen LogP contribution in [0.4, 0.5) is 0 Å². The number of phosphoric ester groups is 1. The van der Waals surface area contributed by atoms with Crippen LogP contribution in [0.2, 0.25) is 0 Å². The fourth-order valence-corrected chi connectivity index (χ4v) is 2.72. The Hall–Kier alpha value is -2.19. The van der Waals surface area contributed by atoms with Crippen LogP contribution in [0.15, 0.2) is 73.0 Å². The summed E-state index contributed by atoms with van der Waals surface area (Å²) in [5.41, 5.74) is 0. The second kappa shape index (κ2) is 6.31.